The van der Waals surface area contributed by atoms with Gasteiger partial charge >= 0.3 is 0 Å². The van der Waals surface area contributed by atoms with Crippen molar-refractivity contribution in [1.82, 2.24) is 0 Å². The zero-order chi connectivity index (χ0) is 10.2. The SMILES string of the molecule is O=S(=O)(Cl)c1ccccc1C1COC1. The second-order valence-electron chi connectivity index (χ2n) is 3.21. The van der Waals surface area contributed by atoms with Crippen LogP contribution in [0.1, 0.15) is 11.5 Å². The summed E-state index contributed by atoms with van der Waals surface area (Å²) in [6, 6.07) is 6.77. The third-order valence-corrected chi connectivity index (χ3v) is 3.66. The van der Waals surface area contributed by atoms with Crippen LogP contribution >= 0.6 is 10.7 Å². The molecule has 14 heavy (non-hydrogen) atoms. The van der Waals surface area contributed by atoms with E-state index < -0.39 is 9.05 Å². The lowest BCUT2D eigenvalue weighted by atomic mass is 9.98. The summed E-state index contributed by atoms with van der Waals surface area (Å²) in [4.78, 5) is 0.204. The Morgan fingerprint density at radius 3 is 2.43 bits per heavy atom. The number of rotatable bonds is 2. The molecule has 0 saturated carbocycles. The molecule has 1 saturated heterocycles. The van der Waals surface area contributed by atoms with E-state index in [9.17, 15) is 8.42 Å². The third kappa shape index (κ3) is 1.78. The third-order valence-electron chi connectivity index (χ3n) is 2.26. The van der Waals surface area contributed by atoms with Gasteiger partial charge in [-0.25, -0.2) is 8.42 Å². The minimum absolute atomic E-state index is 0.166. The van der Waals surface area contributed by atoms with Crippen LogP contribution < -0.4 is 0 Å². The first kappa shape index (κ1) is 9.96. The van der Waals surface area contributed by atoms with Gasteiger partial charge in [0, 0.05) is 16.6 Å². The first-order valence-electron chi connectivity index (χ1n) is 4.20. The second-order valence-corrected chi connectivity index (χ2v) is 5.74. The van der Waals surface area contributed by atoms with Crippen molar-refractivity contribution in [3.8, 4) is 0 Å². The van der Waals surface area contributed by atoms with Crippen molar-refractivity contribution in [1.29, 1.82) is 0 Å². The Morgan fingerprint density at radius 2 is 1.93 bits per heavy atom. The van der Waals surface area contributed by atoms with Gasteiger partial charge in [-0.15, -0.1) is 0 Å². The summed E-state index contributed by atoms with van der Waals surface area (Å²) >= 11 is 0. The zero-order valence-electron chi connectivity index (χ0n) is 7.31. The summed E-state index contributed by atoms with van der Waals surface area (Å²) < 4.78 is 27.5. The normalized spacial score (nSPS) is 17.8. The van der Waals surface area contributed by atoms with E-state index in [1.807, 2.05) is 0 Å². The van der Waals surface area contributed by atoms with Gasteiger partial charge in [0.15, 0.2) is 0 Å². The van der Waals surface area contributed by atoms with Crippen LogP contribution in [0, 0.1) is 0 Å². The molecule has 76 valence electrons. The maximum Gasteiger partial charge on any atom is 0.261 e. The Labute approximate surface area is 87.1 Å². The maximum atomic E-state index is 11.2. The van der Waals surface area contributed by atoms with Gasteiger partial charge in [0.1, 0.15) is 0 Å². The molecule has 3 nitrogen and oxygen atoms in total. The lowest BCUT2D eigenvalue weighted by Crippen LogP contribution is -2.26. The highest BCUT2D eigenvalue weighted by atomic mass is 35.7. The summed E-state index contributed by atoms with van der Waals surface area (Å²) in [5, 5.41) is 0. The van der Waals surface area contributed by atoms with Crippen molar-refractivity contribution in [2.45, 2.75) is 10.8 Å². The smallest absolute Gasteiger partial charge is 0.261 e. The van der Waals surface area contributed by atoms with Gasteiger partial charge in [0.05, 0.1) is 18.1 Å². The molecule has 1 aliphatic rings. The molecule has 0 amide bonds. The van der Waals surface area contributed by atoms with Crippen LogP contribution in [0.4, 0.5) is 0 Å². The van der Waals surface area contributed by atoms with Crippen molar-refractivity contribution in [3.05, 3.63) is 29.8 Å². The molecular weight excluding hydrogens is 224 g/mol. The summed E-state index contributed by atoms with van der Waals surface area (Å²) in [7, 11) is 1.68. The van der Waals surface area contributed by atoms with Gasteiger partial charge in [-0.05, 0) is 11.6 Å². The summed E-state index contributed by atoms with van der Waals surface area (Å²) in [6.07, 6.45) is 0. The highest BCUT2D eigenvalue weighted by Crippen LogP contribution is 2.30. The Kier molecular flexibility index (Phi) is 2.51. The molecule has 0 aromatic heterocycles. The lowest BCUT2D eigenvalue weighted by Gasteiger charge is -2.27. The van der Waals surface area contributed by atoms with Crippen LogP contribution in [-0.2, 0) is 13.8 Å². The van der Waals surface area contributed by atoms with Crippen LogP contribution in [0.5, 0.6) is 0 Å². The van der Waals surface area contributed by atoms with E-state index in [1.165, 1.54) is 6.07 Å². The summed E-state index contributed by atoms with van der Waals surface area (Å²) in [5.74, 6) is 0.166. The van der Waals surface area contributed by atoms with Crippen LogP contribution in [0.15, 0.2) is 29.2 Å². The van der Waals surface area contributed by atoms with E-state index >= 15 is 0 Å². The van der Waals surface area contributed by atoms with E-state index in [4.69, 9.17) is 15.4 Å². The number of hydrogen-bond acceptors (Lipinski definition) is 3. The predicted molar refractivity (Wildman–Crippen MR) is 53.0 cm³/mol. The summed E-state index contributed by atoms with van der Waals surface area (Å²) in [6.45, 7) is 1.15. The number of benzene rings is 1. The Balaban J connectivity index is 2.48. The maximum absolute atomic E-state index is 11.2. The molecule has 1 aromatic rings. The fraction of sp³-hybridized carbons (Fsp3) is 0.333. The van der Waals surface area contributed by atoms with E-state index in [2.05, 4.69) is 0 Å². The zero-order valence-corrected chi connectivity index (χ0v) is 8.88. The standard InChI is InChI=1S/C9H9ClO3S/c10-14(11,12)9-4-2-1-3-8(9)7-5-13-6-7/h1-4,7H,5-6H2. The fourth-order valence-corrected chi connectivity index (χ4v) is 2.63. The van der Waals surface area contributed by atoms with Crippen molar-refractivity contribution in [2.75, 3.05) is 13.2 Å². The molecule has 0 unspecified atom stereocenters. The fourth-order valence-electron chi connectivity index (χ4n) is 1.46. The van der Waals surface area contributed by atoms with Crippen molar-refractivity contribution in [3.63, 3.8) is 0 Å². The van der Waals surface area contributed by atoms with Crippen molar-refractivity contribution >= 4 is 19.7 Å². The average Bonchev–Trinajstić information content (AvgIpc) is 2.00. The highest BCUT2D eigenvalue weighted by Gasteiger charge is 2.26. The van der Waals surface area contributed by atoms with Crippen LogP contribution in [0.25, 0.3) is 0 Å². The van der Waals surface area contributed by atoms with E-state index in [-0.39, 0.29) is 10.8 Å². The van der Waals surface area contributed by atoms with E-state index in [1.54, 1.807) is 18.2 Å². The summed E-state index contributed by atoms with van der Waals surface area (Å²) in [5.41, 5.74) is 0.758. The number of ether oxygens (including phenoxy) is 1. The topological polar surface area (TPSA) is 43.4 Å². The second kappa shape index (κ2) is 3.53. The first-order chi connectivity index (χ1) is 6.59. The molecule has 5 heteroatoms. The van der Waals surface area contributed by atoms with Gasteiger partial charge < -0.3 is 4.74 Å². The highest BCUT2D eigenvalue weighted by molar-refractivity contribution is 8.13. The molecule has 1 fully saturated rings. The molecule has 0 bridgehead atoms. The molecule has 0 spiro atoms. The molecule has 1 aliphatic heterocycles. The molecule has 1 aromatic carbocycles. The molecular formula is C9H9ClO3S. The Hall–Kier alpha value is -0.580. The van der Waals surface area contributed by atoms with E-state index in [0.717, 1.165) is 5.56 Å². The van der Waals surface area contributed by atoms with Crippen LogP contribution in [-0.4, -0.2) is 21.6 Å². The van der Waals surface area contributed by atoms with Gasteiger partial charge in [-0.3, -0.25) is 0 Å². The largest absolute Gasteiger partial charge is 0.380 e. The molecule has 0 N–H and O–H groups in total. The Bertz CT molecular complexity index is 437. The minimum Gasteiger partial charge on any atom is -0.380 e. The van der Waals surface area contributed by atoms with Crippen LogP contribution in [0.2, 0.25) is 0 Å². The first-order valence-corrected chi connectivity index (χ1v) is 6.51. The monoisotopic (exact) mass is 232 g/mol. The predicted octanol–water partition coefficient (Wildman–Crippen LogP) is 1.73. The lowest BCUT2D eigenvalue weighted by molar-refractivity contribution is 0.00735. The van der Waals surface area contributed by atoms with Crippen LogP contribution in [0.3, 0.4) is 0 Å². The van der Waals surface area contributed by atoms with Crippen molar-refractivity contribution in [2.24, 2.45) is 0 Å². The molecule has 2 rings (SSSR count). The van der Waals surface area contributed by atoms with Crippen molar-refractivity contribution < 1.29 is 13.2 Å². The van der Waals surface area contributed by atoms with Gasteiger partial charge in [-0.1, -0.05) is 18.2 Å². The number of halogens is 1. The molecule has 0 radical (unpaired) electrons. The molecule has 1 heterocycles. The average molecular weight is 233 g/mol. The van der Waals surface area contributed by atoms with Gasteiger partial charge in [0.25, 0.3) is 9.05 Å². The van der Waals surface area contributed by atoms with E-state index in [0.29, 0.717) is 13.2 Å². The minimum atomic E-state index is -3.64. The molecule has 0 atom stereocenters. The molecule has 0 aliphatic carbocycles. The Morgan fingerprint density at radius 1 is 1.29 bits per heavy atom. The van der Waals surface area contributed by atoms with Gasteiger partial charge in [0.2, 0.25) is 0 Å². The van der Waals surface area contributed by atoms with Gasteiger partial charge in [-0.2, -0.15) is 0 Å². The quantitative estimate of drug-likeness (QED) is 0.730. The number of hydrogen-bond donors (Lipinski definition) is 0.